The number of carbonyl (C=O) groups excluding carboxylic acids is 3. The molecule has 1 aliphatic rings. The van der Waals surface area contributed by atoms with Crippen LogP contribution in [0.25, 0.3) is 5.70 Å². The van der Waals surface area contributed by atoms with Gasteiger partial charge in [-0.1, -0.05) is 36.9 Å². The van der Waals surface area contributed by atoms with Gasteiger partial charge in [0.15, 0.2) is 0 Å². The van der Waals surface area contributed by atoms with Gasteiger partial charge >= 0.3 is 0 Å². The molecule has 1 aromatic heterocycles. The van der Waals surface area contributed by atoms with Gasteiger partial charge < -0.3 is 20.0 Å². The van der Waals surface area contributed by atoms with E-state index in [1.165, 1.54) is 11.2 Å². The Morgan fingerprint density at radius 1 is 0.968 bits per heavy atom. The van der Waals surface area contributed by atoms with Crippen molar-refractivity contribution in [2.45, 2.75) is 13.0 Å². The van der Waals surface area contributed by atoms with Crippen LogP contribution in [0.4, 0.5) is 5.69 Å². The second-order valence-electron chi connectivity index (χ2n) is 7.05. The lowest BCUT2D eigenvalue weighted by Crippen LogP contribution is -2.28. The minimum absolute atomic E-state index is 0.0705. The minimum atomic E-state index is -0.328. The molecule has 0 aliphatic carbocycles. The average molecular weight is 415 g/mol. The fraction of sp³-hybridized carbons (Fsp3) is 0.125. The van der Waals surface area contributed by atoms with Crippen LogP contribution in [0, 0.1) is 0 Å². The van der Waals surface area contributed by atoms with Crippen molar-refractivity contribution in [1.29, 1.82) is 0 Å². The smallest absolute Gasteiger partial charge is 0.258 e. The van der Waals surface area contributed by atoms with Crippen molar-refractivity contribution < 1.29 is 18.8 Å². The van der Waals surface area contributed by atoms with Crippen LogP contribution in [0.3, 0.4) is 0 Å². The van der Waals surface area contributed by atoms with E-state index in [2.05, 4.69) is 17.2 Å². The Bertz CT molecular complexity index is 1120. The molecule has 0 atom stereocenters. The highest BCUT2D eigenvalue weighted by Gasteiger charge is 2.30. The second-order valence-corrected chi connectivity index (χ2v) is 7.05. The molecule has 0 radical (unpaired) electrons. The quantitative estimate of drug-likeness (QED) is 0.616. The van der Waals surface area contributed by atoms with Gasteiger partial charge in [0.25, 0.3) is 11.8 Å². The van der Waals surface area contributed by atoms with Crippen molar-refractivity contribution in [1.82, 2.24) is 10.2 Å². The van der Waals surface area contributed by atoms with E-state index in [1.54, 1.807) is 48.5 Å². The summed E-state index contributed by atoms with van der Waals surface area (Å²) in [4.78, 5) is 39.2. The van der Waals surface area contributed by atoms with Gasteiger partial charge in [-0.15, -0.1) is 0 Å². The molecular weight excluding hydrogens is 394 g/mol. The van der Waals surface area contributed by atoms with Gasteiger partial charge in [0.2, 0.25) is 5.91 Å². The van der Waals surface area contributed by atoms with Crippen LogP contribution in [0.1, 0.15) is 38.5 Å². The molecule has 7 nitrogen and oxygen atoms in total. The maximum atomic E-state index is 12.6. The predicted molar refractivity (Wildman–Crippen MR) is 116 cm³/mol. The monoisotopic (exact) mass is 415 g/mol. The summed E-state index contributed by atoms with van der Waals surface area (Å²) in [5, 5.41) is 5.53. The summed E-state index contributed by atoms with van der Waals surface area (Å²) in [7, 11) is 0. The zero-order valence-electron chi connectivity index (χ0n) is 16.8. The molecule has 3 amide bonds. The molecular formula is C24H21N3O4. The second kappa shape index (κ2) is 8.71. The molecule has 0 saturated carbocycles. The number of carbonyl (C=O) groups is 3. The lowest BCUT2D eigenvalue weighted by atomic mass is 10.1. The van der Waals surface area contributed by atoms with Crippen LogP contribution < -0.4 is 10.6 Å². The number of nitrogens with one attached hydrogen (secondary N) is 2. The number of amides is 3. The van der Waals surface area contributed by atoms with E-state index in [1.807, 2.05) is 12.1 Å². The van der Waals surface area contributed by atoms with E-state index in [-0.39, 0.29) is 37.2 Å². The number of anilines is 1. The van der Waals surface area contributed by atoms with E-state index in [4.69, 9.17) is 4.42 Å². The summed E-state index contributed by atoms with van der Waals surface area (Å²) in [5.74, 6) is -0.161. The van der Waals surface area contributed by atoms with Crippen LogP contribution in [0.15, 0.2) is 77.9 Å². The molecule has 0 saturated heterocycles. The van der Waals surface area contributed by atoms with Gasteiger partial charge in [-0.2, -0.15) is 0 Å². The summed E-state index contributed by atoms with van der Waals surface area (Å²) < 4.78 is 5.21. The first-order valence-electron chi connectivity index (χ1n) is 9.84. The molecule has 31 heavy (non-hydrogen) atoms. The molecule has 0 spiro atoms. The molecule has 1 aliphatic heterocycles. The van der Waals surface area contributed by atoms with Crippen LogP contribution in [-0.2, 0) is 11.3 Å². The van der Waals surface area contributed by atoms with Gasteiger partial charge in [-0.05, 0) is 30.3 Å². The number of furan rings is 1. The maximum absolute atomic E-state index is 12.6. The van der Waals surface area contributed by atoms with Crippen LogP contribution in [-0.4, -0.2) is 29.2 Å². The van der Waals surface area contributed by atoms with Crippen molar-refractivity contribution >= 4 is 29.1 Å². The highest BCUT2D eigenvalue weighted by atomic mass is 16.3. The first-order valence-corrected chi connectivity index (χ1v) is 9.84. The van der Waals surface area contributed by atoms with Crippen LogP contribution in [0.5, 0.6) is 0 Å². The molecule has 2 N–H and O–H groups in total. The minimum Gasteiger partial charge on any atom is -0.467 e. The molecule has 0 fully saturated rings. The van der Waals surface area contributed by atoms with Crippen molar-refractivity contribution in [2.75, 3.05) is 11.9 Å². The first kappa shape index (κ1) is 20.2. The lowest BCUT2D eigenvalue weighted by Gasteiger charge is -2.17. The number of fused-ring (bicyclic) bond motifs is 1. The van der Waals surface area contributed by atoms with Crippen molar-refractivity contribution in [3.63, 3.8) is 0 Å². The third-order valence-corrected chi connectivity index (χ3v) is 5.05. The zero-order chi connectivity index (χ0) is 21.8. The van der Waals surface area contributed by atoms with Crippen LogP contribution >= 0.6 is 0 Å². The Hall–Kier alpha value is -4.13. The summed E-state index contributed by atoms with van der Waals surface area (Å²) in [6.07, 6.45) is 1.61. The molecule has 156 valence electrons. The third-order valence-electron chi connectivity index (χ3n) is 5.05. The number of rotatable bonds is 7. The molecule has 0 unspecified atom stereocenters. The normalized spacial score (nSPS) is 12.6. The number of hydrogen-bond donors (Lipinski definition) is 2. The molecule has 0 bridgehead atoms. The predicted octanol–water partition coefficient (Wildman–Crippen LogP) is 3.66. The van der Waals surface area contributed by atoms with Crippen molar-refractivity contribution in [3.8, 4) is 0 Å². The van der Waals surface area contributed by atoms with Gasteiger partial charge in [-0.3, -0.25) is 14.4 Å². The Labute approximate surface area is 179 Å². The summed E-state index contributed by atoms with van der Waals surface area (Å²) >= 11 is 0. The largest absolute Gasteiger partial charge is 0.467 e. The van der Waals surface area contributed by atoms with E-state index in [0.717, 1.165) is 5.56 Å². The lowest BCUT2D eigenvalue weighted by molar-refractivity contribution is -0.116. The number of hydrogen-bond acceptors (Lipinski definition) is 4. The van der Waals surface area contributed by atoms with Crippen LogP contribution in [0.2, 0.25) is 0 Å². The first-order chi connectivity index (χ1) is 15.0. The Kier molecular flexibility index (Phi) is 5.66. The fourth-order valence-electron chi connectivity index (χ4n) is 3.46. The number of nitrogens with zero attached hydrogens (tertiary/aromatic N) is 1. The van der Waals surface area contributed by atoms with E-state index in [9.17, 15) is 14.4 Å². The average Bonchev–Trinajstić information content (AvgIpc) is 3.39. The summed E-state index contributed by atoms with van der Waals surface area (Å²) in [5.41, 5.74) is 2.71. The summed E-state index contributed by atoms with van der Waals surface area (Å²) in [6.45, 7) is 4.42. The standard InChI is InChI=1S/C24H21N3O4/c1-16-18-8-2-3-9-19(18)24(30)27(16)13-12-22(28)26-21-11-5-4-10-20(21)23(29)25-15-17-7-6-14-31-17/h2-11,14H,1,12-13,15H2,(H,25,29)(H,26,28). The van der Waals surface area contributed by atoms with Crippen molar-refractivity contribution in [2.24, 2.45) is 0 Å². The Morgan fingerprint density at radius 3 is 2.45 bits per heavy atom. The van der Waals surface area contributed by atoms with Gasteiger partial charge in [0, 0.05) is 29.8 Å². The number of benzene rings is 2. The van der Waals surface area contributed by atoms with Gasteiger partial charge in [0.05, 0.1) is 24.1 Å². The van der Waals surface area contributed by atoms with Gasteiger partial charge in [-0.25, -0.2) is 0 Å². The highest BCUT2D eigenvalue weighted by Crippen LogP contribution is 2.31. The van der Waals surface area contributed by atoms with E-state index < -0.39 is 0 Å². The molecule has 2 aromatic carbocycles. The molecule has 7 heteroatoms. The SMILES string of the molecule is C=C1c2ccccc2C(=O)N1CCC(=O)Nc1ccccc1C(=O)NCc1ccco1. The Morgan fingerprint density at radius 2 is 1.71 bits per heavy atom. The third kappa shape index (κ3) is 4.25. The summed E-state index contributed by atoms with van der Waals surface area (Å²) in [6, 6.07) is 17.5. The maximum Gasteiger partial charge on any atom is 0.258 e. The van der Waals surface area contributed by atoms with Gasteiger partial charge in [0.1, 0.15) is 5.76 Å². The zero-order valence-corrected chi connectivity index (χ0v) is 16.8. The number of para-hydroxylation sites is 1. The topological polar surface area (TPSA) is 91.7 Å². The Balaban J connectivity index is 1.37. The fourth-order valence-corrected chi connectivity index (χ4v) is 3.46. The molecule has 3 aromatic rings. The molecule has 2 heterocycles. The molecule has 4 rings (SSSR count). The highest BCUT2D eigenvalue weighted by molar-refractivity contribution is 6.09. The van der Waals surface area contributed by atoms with E-state index >= 15 is 0 Å². The van der Waals surface area contributed by atoms with Crippen molar-refractivity contribution in [3.05, 3.63) is 96.0 Å². The van der Waals surface area contributed by atoms with E-state index in [0.29, 0.717) is 28.3 Å².